The first-order valence-electron chi connectivity index (χ1n) is 7.37. The monoisotopic (exact) mass is 305 g/mol. The summed E-state index contributed by atoms with van der Waals surface area (Å²) in [5.74, 6) is 1.63. The van der Waals surface area contributed by atoms with Crippen LogP contribution in [0.4, 0.5) is 0 Å². The van der Waals surface area contributed by atoms with Crippen molar-refractivity contribution < 1.29 is 4.52 Å². The van der Waals surface area contributed by atoms with Crippen LogP contribution in [-0.4, -0.2) is 10.1 Å². The summed E-state index contributed by atoms with van der Waals surface area (Å²) < 4.78 is 5.40. The minimum Gasteiger partial charge on any atom is -0.334 e. The van der Waals surface area contributed by atoms with E-state index in [-0.39, 0.29) is 0 Å². The number of benzene rings is 1. The van der Waals surface area contributed by atoms with Gasteiger partial charge in [0.25, 0.3) is 5.89 Å². The molecule has 0 radical (unpaired) electrons. The van der Waals surface area contributed by atoms with Crippen LogP contribution in [0.2, 0.25) is 5.02 Å². The second-order valence-corrected chi connectivity index (χ2v) is 6.67. The molecule has 112 valence electrons. The molecule has 0 aliphatic heterocycles. The van der Waals surface area contributed by atoms with Gasteiger partial charge in [0, 0.05) is 0 Å². The van der Waals surface area contributed by atoms with Crippen LogP contribution in [0.3, 0.4) is 0 Å². The van der Waals surface area contributed by atoms with Gasteiger partial charge in [0.1, 0.15) is 0 Å². The second kappa shape index (κ2) is 5.43. The van der Waals surface area contributed by atoms with Crippen molar-refractivity contribution in [2.45, 2.75) is 45.1 Å². The Labute approximate surface area is 129 Å². The Balaban J connectivity index is 1.92. The van der Waals surface area contributed by atoms with Crippen molar-refractivity contribution in [3.05, 3.63) is 34.6 Å². The van der Waals surface area contributed by atoms with Crippen LogP contribution in [-0.2, 0) is 5.54 Å². The summed E-state index contributed by atoms with van der Waals surface area (Å²) in [6.07, 6.45) is 4.12. The molecule has 2 aromatic rings. The second-order valence-electron chi connectivity index (χ2n) is 6.26. The van der Waals surface area contributed by atoms with Crippen LogP contribution < -0.4 is 5.73 Å². The zero-order valence-corrected chi connectivity index (χ0v) is 13.2. The van der Waals surface area contributed by atoms with Crippen LogP contribution in [0.5, 0.6) is 0 Å². The van der Waals surface area contributed by atoms with E-state index in [4.69, 9.17) is 21.9 Å². The molecule has 1 aromatic heterocycles. The normalized spacial score (nSPS) is 26.0. The molecular formula is C16H20ClN3O. The zero-order chi connectivity index (χ0) is 15.0. The predicted molar refractivity (Wildman–Crippen MR) is 83.0 cm³/mol. The fourth-order valence-electron chi connectivity index (χ4n) is 3.12. The molecule has 1 fully saturated rings. The minimum absolute atomic E-state index is 0.443. The number of aromatic nitrogens is 2. The molecular weight excluding hydrogens is 286 g/mol. The standard InChI is InChI=1S/C16H20ClN3O/c1-10-5-6-12(13(17)8-10)14-19-15(20-21-14)16(18)7-3-4-11(2)9-16/h5-6,8,11H,3-4,7,9,18H2,1-2H3. The molecule has 0 amide bonds. The zero-order valence-electron chi connectivity index (χ0n) is 12.4. The van der Waals surface area contributed by atoms with Gasteiger partial charge in [0.2, 0.25) is 0 Å². The van der Waals surface area contributed by atoms with Gasteiger partial charge < -0.3 is 10.3 Å². The largest absolute Gasteiger partial charge is 0.334 e. The number of aryl methyl sites for hydroxylation is 1. The lowest BCUT2D eigenvalue weighted by Gasteiger charge is -2.33. The first-order chi connectivity index (χ1) is 9.98. The van der Waals surface area contributed by atoms with E-state index in [0.717, 1.165) is 30.4 Å². The third-order valence-electron chi connectivity index (χ3n) is 4.26. The Kier molecular flexibility index (Phi) is 3.76. The van der Waals surface area contributed by atoms with Crippen molar-refractivity contribution >= 4 is 11.6 Å². The van der Waals surface area contributed by atoms with E-state index in [1.54, 1.807) is 0 Å². The molecule has 2 unspecified atom stereocenters. The quantitative estimate of drug-likeness (QED) is 0.908. The molecule has 4 nitrogen and oxygen atoms in total. The molecule has 1 aliphatic rings. The van der Waals surface area contributed by atoms with Gasteiger partial charge in [0.15, 0.2) is 5.82 Å². The van der Waals surface area contributed by atoms with Gasteiger partial charge in [-0.2, -0.15) is 4.98 Å². The van der Waals surface area contributed by atoms with E-state index in [1.807, 2.05) is 25.1 Å². The maximum absolute atomic E-state index is 6.51. The third kappa shape index (κ3) is 2.83. The summed E-state index contributed by atoms with van der Waals surface area (Å²) in [4.78, 5) is 4.51. The Morgan fingerprint density at radius 1 is 1.43 bits per heavy atom. The number of rotatable bonds is 2. The summed E-state index contributed by atoms with van der Waals surface area (Å²) in [6.45, 7) is 4.21. The molecule has 21 heavy (non-hydrogen) atoms. The van der Waals surface area contributed by atoms with E-state index < -0.39 is 5.54 Å². The first kappa shape index (κ1) is 14.5. The summed E-state index contributed by atoms with van der Waals surface area (Å²) in [7, 11) is 0. The Hall–Kier alpha value is -1.39. The number of nitrogens with zero attached hydrogens (tertiary/aromatic N) is 2. The highest BCUT2D eigenvalue weighted by atomic mass is 35.5. The number of halogens is 1. The van der Waals surface area contributed by atoms with Gasteiger partial charge in [-0.25, -0.2) is 0 Å². The summed E-state index contributed by atoms with van der Waals surface area (Å²) in [5, 5.41) is 4.74. The van der Waals surface area contributed by atoms with E-state index in [9.17, 15) is 0 Å². The molecule has 5 heteroatoms. The van der Waals surface area contributed by atoms with Gasteiger partial charge >= 0.3 is 0 Å². The highest BCUT2D eigenvalue weighted by Crippen LogP contribution is 2.37. The summed E-state index contributed by atoms with van der Waals surface area (Å²) >= 11 is 6.26. The van der Waals surface area contributed by atoms with Crippen molar-refractivity contribution in [2.24, 2.45) is 11.7 Å². The topological polar surface area (TPSA) is 64.9 Å². The molecule has 1 aromatic carbocycles. The maximum atomic E-state index is 6.51. The average Bonchev–Trinajstić information content (AvgIpc) is 2.88. The fraction of sp³-hybridized carbons (Fsp3) is 0.500. The van der Waals surface area contributed by atoms with Crippen LogP contribution in [0, 0.1) is 12.8 Å². The van der Waals surface area contributed by atoms with Crippen LogP contribution in [0.25, 0.3) is 11.5 Å². The summed E-state index contributed by atoms with van der Waals surface area (Å²) in [6, 6.07) is 5.77. The van der Waals surface area contributed by atoms with E-state index >= 15 is 0 Å². The Bertz CT molecular complexity index is 655. The van der Waals surface area contributed by atoms with Gasteiger partial charge in [-0.1, -0.05) is 42.6 Å². The van der Waals surface area contributed by atoms with Gasteiger partial charge in [0.05, 0.1) is 16.1 Å². The third-order valence-corrected chi connectivity index (χ3v) is 4.57. The van der Waals surface area contributed by atoms with Gasteiger partial charge in [-0.05, 0) is 43.4 Å². The van der Waals surface area contributed by atoms with Crippen molar-refractivity contribution in [1.82, 2.24) is 10.1 Å². The molecule has 0 bridgehead atoms. The van der Waals surface area contributed by atoms with Crippen molar-refractivity contribution in [3.8, 4) is 11.5 Å². The molecule has 0 saturated heterocycles. The molecule has 2 atom stereocenters. The highest BCUT2D eigenvalue weighted by molar-refractivity contribution is 6.33. The lowest BCUT2D eigenvalue weighted by atomic mass is 9.76. The fourth-order valence-corrected chi connectivity index (χ4v) is 3.44. The number of hydrogen-bond donors (Lipinski definition) is 1. The van der Waals surface area contributed by atoms with Crippen molar-refractivity contribution in [3.63, 3.8) is 0 Å². The van der Waals surface area contributed by atoms with Gasteiger partial charge in [-0.15, -0.1) is 0 Å². The number of hydrogen-bond acceptors (Lipinski definition) is 4. The lowest BCUT2D eigenvalue weighted by molar-refractivity contribution is 0.222. The Morgan fingerprint density at radius 3 is 2.95 bits per heavy atom. The number of nitrogens with two attached hydrogens (primary N) is 1. The SMILES string of the molecule is Cc1ccc(-c2nc(C3(N)CCCC(C)C3)no2)c(Cl)c1. The van der Waals surface area contributed by atoms with Crippen molar-refractivity contribution in [2.75, 3.05) is 0 Å². The van der Waals surface area contributed by atoms with Gasteiger partial charge in [-0.3, -0.25) is 0 Å². The van der Waals surface area contributed by atoms with Crippen LogP contribution in [0.1, 0.15) is 44.0 Å². The molecule has 1 heterocycles. The molecule has 0 spiro atoms. The lowest BCUT2D eigenvalue weighted by Crippen LogP contribution is -2.42. The smallest absolute Gasteiger partial charge is 0.259 e. The molecule has 1 aliphatic carbocycles. The van der Waals surface area contributed by atoms with Crippen LogP contribution in [0.15, 0.2) is 22.7 Å². The summed E-state index contributed by atoms with van der Waals surface area (Å²) in [5.41, 5.74) is 7.89. The van der Waals surface area contributed by atoms with E-state index in [1.165, 1.54) is 6.42 Å². The molecule has 3 rings (SSSR count). The highest BCUT2D eigenvalue weighted by Gasteiger charge is 2.37. The van der Waals surface area contributed by atoms with E-state index in [0.29, 0.717) is 22.7 Å². The maximum Gasteiger partial charge on any atom is 0.259 e. The first-order valence-corrected chi connectivity index (χ1v) is 7.75. The van der Waals surface area contributed by atoms with Crippen LogP contribution >= 0.6 is 11.6 Å². The average molecular weight is 306 g/mol. The Morgan fingerprint density at radius 2 is 2.24 bits per heavy atom. The molecule has 1 saturated carbocycles. The predicted octanol–water partition coefficient (Wildman–Crippen LogP) is 4.06. The molecule has 2 N–H and O–H groups in total. The minimum atomic E-state index is -0.476. The van der Waals surface area contributed by atoms with E-state index in [2.05, 4.69) is 17.1 Å². The van der Waals surface area contributed by atoms with Crippen molar-refractivity contribution in [1.29, 1.82) is 0 Å².